The summed E-state index contributed by atoms with van der Waals surface area (Å²) in [5, 5.41) is 3.01. The van der Waals surface area contributed by atoms with Crippen molar-refractivity contribution in [3.8, 4) is 10.4 Å². The largest absolute Gasteiger partial charge is 0.350 e. The van der Waals surface area contributed by atoms with Crippen molar-refractivity contribution in [2.75, 3.05) is 13.1 Å². The Morgan fingerprint density at radius 1 is 1.08 bits per heavy atom. The summed E-state index contributed by atoms with van der Waals surface area (Å²) in [5.41, 5.74) is 1.65. The molecule has 26 heavy (non-hydrogen) atoms. The molecule has 1 aromatic carbocycles. The zero-order valence-electron chi connectivity index (χ0n) is 16.2. The number of carbonyl (C=O) groups is 2. The van der Waals surface area contributed by atoms with Gasteiger partial charge >= 0.3 is 0 Å². The molecule has 0 unspecified atom stereocenters. The highest BCUT2D eigenvalue weighted by Crippen LogP contribution is 2.28. The highest BCUT2D eigenvalue weighted by Gasteiger charge is 2.15. The van der Waals surface area contributed by atoms with Crippen molar-refractivity contribution >= 4 is 23.0 Å². The fourth-order valence-corrected chi connectivity index (χ4v) is 3.92. The second-order valence-electron chi connectivity index (χ2n) is 6.98. The van der Waals surface area contributed by atoms with Crippen molar-refractivity contribution in [1.82, 2.24) is 10.2 Å². The molecular formula is C21H28N2O2S. The van der Waals surface area contributed by atoms with E-state index in [2.05, 4.69) is 37.9 Å². The molecule has 0 aliphatic carbocycles. The molecule has 0 saturated heterocycles. The van der Waals surface area contributed by atoms with E-state index in [0.29, 0.717) is 29.1 Å². The summed E-state index contributed by atoms with van der Waals surface area (Å²) in [5.74, 6) is -0.00216. The van der Waals surface area contributed by atoms with Gasteiger partial charge in [0.25, 0.3) is 5.91 Å². The predicted molar refractivity (Wildman–Crippen MR) is 109 cm³/mol. The van der Waals surface area contributed by atoms with Gasteiger partial charge in [-0.2, -0.15) is 0 Å². The number of amides is 1. The van der Waals surface area contributed by atoms with Crippen LogP contribution in [-0.2, 0) is 0 Å². The summed E-state index contributed by atoms with van der Waals surface area (Å²) in [6, 6.07) is 12.2. The van der Waals surface area contributed by atoms with Crippen LogP contribution in [0.2, 0.25) is 0 Å². The number of hydrogen-bond donors (Lipinski definition) is 1. The maximum absolute atomic E-state index is 12.4. The molecule has 1 aromatic heterocycles. The number of benzene rings is 1. The van der Waals surface area contributed by atoms with Gasteiger partial charge in [-0.25, -0.2) is 0 Å². The maximum atomic E-state index is 12.4. The van der Waals surface area contributed by atoms with Gasteiger partial charge in [0, 0.05) is 35.6 Å². The molecule has 0 fully saturated rings. The third kappa shape index (κ3) is 5.26. The first-order valence-corrected chi connectivity index (χ1v) is 9.86. The second kappa shape index (κ2) is 9.10. The first kappa shape index (κ1) is 20.3. The van der Waals surface area contributed by atoms with Gasteiger partial charge < -0.3 is 5.32 Å². The molecule has 0 aliphatic heterocycles. The van der Waals surface area contributed by atoms with Crippen LogP contribution in [0.5, 0.6) is 0 Å². The molecule has 0 atom stereocenters. The van der Waals surface area contributed by atoms with Crippen molar-refractivity contribution in [3.05, 3.63) is 46.8 Å². The van der Waals surface area contributed by atoms with E-state index in [1.165, 1.54) is 11.3 Å². The van der Waals surface area contributed by atoms with E-state index in [9.17, 15) is 9.59 Å². The van der Waals surface area contributed by atoms with Crippen molar-refractivity contribution in [2.24, 2.45) is 0 Å². The molecule has 1 N–H and O–H groups in total. The summed E-state index contributed by atoms with van der Waals surface area (Å²) in [7, 11) is 0. The molecule has 0 aliphatic rings. The molecule has 2 aromatic rings. The van der Waals surface area contributed by atoms with Crippen molar-refractivity contribution in [1.29, 1.82) is 0 Å². The topological polar surface area (TPSA) is 49.4 Å². The van der Waals surface area contributed by atoms with Gasteiger partial charge in [0.1, 0.15) is 0 Å². The minimum atomic E-state index is -0.0450. The molecule has 0 saturated carbocycles. The molecule has 0 spiro atoms. The van der Waals surface area contributed by atoms with E-state index in [-0.39, 0.29) is 11.7 Å². The van der Waals surface area contributed by atoms with E-state index in [1.54, 1.807) is 6.92 Å². The lowest BCUT2D eigenvalue weighted by atomic mass is 10.1. The molecule has 0 bridgehead atoms. The normalized spacial score (nSPS) is 11.4. The lowest BCUT2D eigenvalue weighted by molar-refractivity contribution is 0.0942. The van der Waals surface area contributed by atoms with Crippen LogP contribution in [-0.4, -0.2) is 41.8 Å². The summed E-state index contributed by atoms with van der Waals surface area (Å²) < 4.78 is 0. The smallest absolute Gasteiger partial charge is 0.261 e. The summed E-state index contributed by atoms with van der Waals surface area (Å²) in [4.78, 5) is 28.0. The van der Waals surface area contributed by atoms with Crippen LogP contribution in [0.15, 0.2) is 36.4 Å². The summed E-state index contributed by atoms with van der Waals surface area (Å²) in [6.07, 6.45) is 0. The Balaban J connectivity index is 2.00. The zero-order valence-corrected chi connectivity index (χ0v) is 17.0. The molecule has 1 amide bonds. The Morgan fingerprint density at radius 3 is 2.38 bits per heavy atom. The summed E-state index contributed by atoms with van der Waals surface area (Å²) in [6.45, 7) is 11.7. The molecule has 2 rings (SSSR count). The molecule has 1 heterocycles. The van der Waals surface area contributed by atoms with E-state index < -0.39 is 0 Å². The Kier molecular flexibility index (Phi) is 7.12. The molecule has 4 nitrogen and oxygen atoms in total. The number of hydrogen-bond acceptors (Lipinski definition) is 4. The Labute approximate surface area is 160 Å². The van der Waals surface area contributed by atoms with Crippen LogP contribution in [0.3, 0.4) is 0 Å². The van der Waals surface area contributed by atoms with Gasteiger partial charge in [-0.1, -0.05) is 18.2 Å². The number of nitrogens with zero attached hydrogens (tertiary/aromatic N) is 1. The van der Waals surface area contributed by atoms with Gasteiger partial charge in [0.05, 0.1) is 4.88 Å². The van der Waals surface area contributed by atoms with Gasteiger partial charge in [0.2, 0.25) is 0 Å². The van der Waals surface area contributed by atoms with Crippen LogP contribution in [0.25, 0.3) is 10.4 Å². The van der Waals surface area contributed by atoms with E-state index in [1.807, 2.05) is 36.4 Å². The number of nitrogens with one attached hydrogen (secondary N) is 1. The molecular weight excluding hydrogens is 344 g/mol. The fraction of sp³-hybridized carbons (Fsp3) is 0.429. The van der Waals surface area contributed by atoms with Crippen LogP contribution in [0.4, 0.5) is 0 Å². The fourth-order valence-electron chi connectivity index (χ4n) is 3.00. The van der Waals surface area contributed by atoms with Crippen molar-refractivity contribution in [2.45, 2.75) is 46.7 Å². The first-order chi connectivity index (χ1) is 12.3. The van der Waals surface area contributed by atoms with Crippen LogP contribution in [0, 0.1) is 0 Å². The summed E-state index contributed by atoms with van der Waals surface area (Å²) >= 11 is 1.45. The Hall–Kier alpha value is -1.98. The maximum Gasteiger partial charge on any atom is 0.261 e. The van der Waals surface area contributed by atoms with Gasteiger partial charge in [-0.05, 0) is 58.4 Å². The lowest BCUT2D eigenvalue weighted by Crippen LogP contribution is -2.42. The lowest BCUT2D eigenvalue weighted by Gasteiger charge is -2.30. The average molecular weight is 373 g/mol. The van der Waals surface area contributed by atoms with E-state index in [4.69, 9.17) is 0 Å². The molecule has 5 heteroatoms. The Morgan fingerprint density at radius 2 is 1.77 bits per heavy atom. The van der Waals surface area contributed by atoms with Gasteiger partial charge in [-0.15, -0.1) is 11.3 Å². The standard InChI is InChI=1S/C21H28N2O2S/c1-14(2)23(15(3)4)12-11-22-21(25)20-10-9-19(26-20)18-8-6-7-17(13-18)16(5)24/h6-10,13-15H,11-12H2,1-5H3,(H,22,25). The third-order valence-electron chi connectivity index (χ3n) is 4.37. The van der Waals surface area contributed by atoms with Crippen molar-refractivity contribution < 1.29 is 9.59 Å². The van der Waals surface area contributed by atoms with Gasteiger partial charge in [-0.3, -0.25) is 14.5 Å². The number of carbonyl (C=O) groups excluding carboxylic acids is 2. The quantitative estimate of drug-likeness (QED) is 0.696. The Bertz CT molecular complexity index is 757. The van der Waals surface area contributed by atoms with Gasteiger partial charge in [0.15, 0.2) is 5.78 Å². The zero-order chi connectivity index (χ0) is 19.3. The highest BCUT2D eigenvalue weighted by molar-refractivity contribution is 7.17. The van der Waals surface area contributed by atoms with Crippen molar-refractivity contribution in [3.63, 3.8) is 0 Å². The first-order valence-electron chi connectivity index (χ1n) is 9.04. The van der Waals surface area contributed by atoms with Crippen LogP contribution < -0.4 is 5.32 Å². The predicted octanol–water partition coefficient (Wildman–Crippen LogP) is 4.47. The average Bonchev–Trinajstić information content (AvgIpc) is 3.08. The monoisotopic (exact) mass is 372 g/mol. The van der Waals surface area contributed by atoms with Crippen LogP contribution >= 0.6 is 11.3 Å². The minimum absolute atomic E-state index is 0.0428. The number of thiophene rings is 1. The molecule has 140 valence electrons. The van der Waals surface area contributed by atoms with Crippen LogP contribution in [0.1, 0.15) is 54.6 Å². The number of rotatable bonds is 8. The second-order valence-corrected chi connectivity index (χ2v) is 8.07. The van der Waals surface area contributed by atoms with E-state index >= 15 is 0 Å². The van der Waals surface area contributed by atoms with E-state index in [0.717, 1.165) is 17.0 Å². The molecule has 0 radical (unpaired) electrons. The number of Topliss-reactive ketones (excluding diaryl/α,β-unsaturated/α-hetero) is 1. The SMILES string of the molecule is CC(=O)c1cccc(-c2ccc(C(=O)NCCN(C(C)C)C(C)C)s2)c1. The third-order valence-corrected chi connectivity index (χ3v) is 5.50. The minimum Gasteiger partial charge on any atom is -0.350 e. The highest BCUT2D eigenvalue weighted by atomic mass is 32.1. The number of ketones is 1.